The highest BCUT2D eigenvalue weighted by molar-refractivity contribution is 7.19. The van der Waals surface area contributed by atoms with E-state index in [9.17, 15) is 0 Å². The summed E-state index contributed by atoms with van der Waals surface area (Å²) in [5.41, 5.74) is 3.72. The van der Waals surface area contributed by atoms with E-state index in [0.29, 0.717) is 6.61 Å². The molecule has 0 spiro atoms. The van der Waals surface area contributed by atoms with E-state index in [0.717, 1.165) is 30.0 Å². The van der Waals surface area contributed by atoms with Crippen LogP contribution in [0.1, 0.15) is 27.6 Å². The maximum Gasteiger partial charge on any atom is 0.161 e. The average molecular weight is 428 g/mol. The van der Waals surface area contributed by atoms with Crippen molar-refractivity contribution in [1.82, 2.24) is 5.32 Å². The monoisotopic (exact) mass is 427 g/mol. The second-order valence-corrected chi connectivity index (χ2v) is 8.82. The minimum atomic E-state index is 0.158. The zero-order chi connectivity index (χ0) is 21.0. The molecule has 0 bridgehead atoms. The van der Waals surface area contributed by atoms with Crippen LogP contribution in [-0.2, 0) is 13.0 Å². The Morgan fingerprint density at radius 3 is 2.68 bits per heavy atom. The number of methoxy groups -OCH3 is 1. The highest BCUT2D eigenvalue weighted by Gasteiger charge is 2.21. The molecule has 4 heteroatoms. The second kappa shape index (κ2) is 8.96. The van der Waals surface area contributed by atoms with Crippen LogP contribution in [0.15, 0.2) is 78.9 Å². The normalized spacial score (nSPS) is 15.8. The third-order valence-corrected chi connectivity index (χ3v) is 6.74. The number of hydrogen-bond acceptors (Lipinski definition) is 4. The van der Waals surface area contributed by atoms with E-state index in [4.69, 9.17) is 9.47 Å². The lowest BCUT2D eigenvalue weighted by Gasteiger charge is -2.26. The lowest BCUT2D eigenvalue weighted by molar-refractivity contribution is 0.283. The fraction of sp³-hybridized carbons (Fsp3) is 0.185. The first kappa shape index (κ1) is 19.9. The van der Waals surface area contributed by atoms with Crippen molar-refractivity contribution in [3.63, 3.8) is 0 Å². The molecule has 0 saturated carbocycles. The van der Waals surface area contributed by atoms with Crippen molar-refractivity contribution in [2.24, 2.45) is 0 Å². The van der Waals surface area contributed by atoms with Gasteiger partial charge in [-0.2, -0.15) is 0 Å². The smallest absolute Gasteiger partial charge is 0.161 e. The van der Waals surface area contributed by atoms with Crippen LogP contribution in [0.5, 0.6) is 11.5 Å². The Morgan fingerprint density at radius 2 is 1.84 bits per heavy atom. The number of thiophene rings is 1. The summed E-state index contributed by atoms with van der Waals surface area (Å²) in [5.74, 6) is 1.58. The number of benzene rings is 3. The number of fused-ring (bicyclic) bond motifs is 2. The minimum Gasteiger partial charge on any atom is -0.493 e. The summed E-state index contributed by atoms with van der Waals surface area (Å²) >= 11 is 1.82. The van der Waals surface area contributed by atoms with E-state index >= 15 is 0 Å². The third-order valence-electron chi connectivity index (χ3n) is 5.65. The SMILES string of the molecule is COc1cc2c(cc1OCc1ccccc1)CCNC2/C=C/c1cc2ccccc2s1. The zero-order valence-electron chi connectivity index (χ0n) is 17.5. The first-order valence-electron chi connectivity index (χ1n) is 10.6. The molecule has 156 valence electrons. The van der Waals surface area contributed by atoms with Gasteiger partial charge in [-0.15, -0.1) is 11.3 Å². The topological polar surface area (TPSA) is 30.5 Å². The average Bonchev–Trinajstić information content (AvgIpc) is 3.24. The fourth-order valence-electron chi connectivity index (χ4n) is 4.05. The van der Waals surface area contributed by atoms with Gasteiger partial charge in [0.2, 0.25) is 0 Å². The Kier molecular flexibility index (Phi) is 5.74. The van der Waals surface area contributed by atoms with Crippen molar-refractivity contribution in [2.45, 2.75) is 19.1 Å². The van der Waals surface area contributed by atoms with E-state index < -0.39 is 0 Å². The van der Waals surface area contributed by atoms with E-state index in [1.54, 1.807) is 7.11 Å². The molecule has 5 rings (SSSR count). The molecule has 1 N–H and O–H groups in total. The van der Waals surface area contributed by atoms with Crippen LogP contribution in [-0.4, -0.2) is 13.7 Å². The van der Waals surface area contributed by atoms with Gasteiger partial charge in [0, 0.05) is 16.1 Å². The zero-order valence-corrected chi connectivity index (χ0v) is 18.3. The number of nitrogens with one attached hydrogen (secondary N) is 1. The largest absolute Gasteiger partial charge is 0.493 e. The molecule has 3 aromatic carbocycles. The molecular formula is C27H25NO2S. The van der Waals surface area contributed by atoms with Crippen molar-refractivity contribution >= 4 is 27.5 Å². The summed E-state index contributed by atoms with van der Waals surface area (Å²) in [6.45, 7) is 1.47. The third kappa shape index (κ3) is 4.36. The summed E-state index contributed by atoms with van der Waals surface area (Å²) in [4.78, 5) is 1.27. The van der Waals surface area contributed by atoms with Gasteiger partial charge in [0.05, 0.1) is 13.2 Å². The van der Waals surface area contributed by atoms with Crippen molar-refractivity contribution in [3.8, 4) is 11.5 Å². The predicted molar refractivity (Wildman–Crippen MR) is 129 cm³/mol. The van der Waals surface area contributed by atoms with Crippen molar-refractivity contribution in [3.05, 3.63) is 100 Å². The summed E-state index contributed by atoms with van der Waals surface area (Å²) in [6.07, 6.45) is 5.46. The van der Waals surface area contributed by atoms with Crippen molar-refractivity contribution in [2.75, 3.05) is 13.7 Å². The van der Waals surface area contributed by atoms with Gasteiger partial charge in [0.1, 0.15) is 6.61 Å². The van der Waals surface area contributed by atoms with E-state index in [1.165, 1.54) is 26.1 Å². The van der Waals surface area contributed by atoms with Crippen molar-refractivity contribution in [1.29, 1.82) is 0 Å². The molecule has 1 aromatic heterocycles. The Morgan fingerprint density at radius 1 is 1.00 bits per heavy atom. The van der Waals surface area contributed by atoms with Gasteiger partial charge in [-0.3, -0.25) is 0 Å². The van der Waals surface area contributed by atoms with Gasteiger partial charge < -0.3 is 14.8 Å². The molecule has 0 aliphatic carbocycles. The first-order valence-corrected chi connectivity index (χ1v) is 11.4. The van der Waals surface area contributed by atoms with Gasteiger partial charge in [0.25, 0.3) is 0 Å². The lowest BCUT2D eigenvalue weighted by atomic mass is 9.93. The number of ether oxygens (including phenoxy) is 2. The lowest BCUT2D eigenvalue weighted by Crippen LogP contribution is -2.28. The maximum absolute atomic E-state index is 6.12. The fourth-order valence-corrected chi connectivity index (χ4v) is 5.03. The minimum absolute atomic E-state index is 0.158. The van der Waals surface area contributed by atoms with Gasteiger partial charge in [0.15, 0.2) is 11.5 Å². The predicted octanol–water partition coefficient (Wildman–Crippen LogP) is 6.39. The number of hydrogen-bond donors (Lipinski definition) is 1. The molecule has 2 heterocycles. The Balaban J connectivity index is 1.39. The Bertz CT molecular complexity index is 1180. The molecular weight excluding hydrogens is 402 g/mol. The summed E-state index contributed by atoms with van der Waals surface area (Å²) in [7, 11) is 1.70. The molecule has 3 nitrogen and oxygen atoms in total. The molecule has 0 fully saturated rings. The first-order chi connectivity index (χ1) is 15.3. The van der Waals surface area contributed by atoms with Crippen LogP contribution in [0.25, 0.3) is 16.2 Å². The molecule has 0 saturated heterocycles. The van der Waals surface area contributed by atoms with Gasteiger partial charge >= 0.3 is 0 Å². The van der Waals surface area contributed by atoms with Gasteiger partial charge in [-0.25, -0.2) is 0 Å². The van der Waals surface area contributed by atoms with Gasteiger partial charge in [-0.05, 0) is 58.8 Å². The quantitative estimate of drug-likeness (QED) is 0.387. The van der Waals surface area contributed by atoms with Crippen LogP contribution >= 0.6 is 11.3 Å². The summed E-state index contributed by atoms with van der Waals surface area (Å²) < 4.78 is 13.1. The molecule has 1 aliphatic rings. The van der Waals surface area contributed by atoms with Crippen LogP contribution in [0.4, 0.5) is 0 Å². The summed E-state index contributed by atoms with van der Waals surface area (Å²) in [6, 6.07) is 25.4. The van der Waals surface area contributed by atoms with Crippen LogP contribution in [0.3, 0.4) is 0 Å². The Hall–Kier alpha value is -3.08. The van der Waals surface area contributed by atoms with Gasteiger partial charge in [-0.1, -0.05) is 54.6 Å². The highest BCUT2D eigenvalue weighted by atomic mass is 32.1. The van der Waals surface area contributed by atoms with Crippen molar-refractivity contribution < 1.29 is 9.47 Å². The standard InChI is InChI=1S/C27H25NO2S/c1-29-25-17-23-20(16-26(25)30-18-19-7-3-2-4-8-19)13-14-28-24(23)12-11-22-15-21-9-5-6-10-27(21)31-22/h2-12,15-17,24,28H,13-14,18H2,1H3/b12-11+. The van der Waals surface area contributed by atoms with Crippen LogP contribution in [0, 0.1) is 0 Å². The van der Waals surface area contributed by atoms with E-state index in [-0.39, 0.29) is 6.04 Å². The van der Waals surface area contributed by atoms with E-state index in [2.05, 4.69) is 72.1 Å². The molecule has 1 unspecified atom stereocenters. The van der Waals surface area contributed by atoms with Crippen LogP contribution in [0.2, 0.25) is 0 Å². The summed E-state index contributed by atoms with van der Waals surface area (Å²) in [5, 5.41) is 4.93. The number of rotatable bonds is 6. The molecule has 31 heavy (non-hydrogen) atoms. The highest BCUT2D eigenvalue weighted by Crippen LogP contribution is 2.37. The maximum atomic E-state index is 6.12. The van der Waals surface area contributed by atoms with E-state index in [1.807, 2.05) is 29.5 Å². The molecule has 0 radical (unpaired) electrons. The molecule has 0 amide bonds. The Labute approximate surface area is 187 Å². The molecule has 1 atom stereocenters. The molecule has 1 aliphatic heterocycles. The second-order valence-electron chi connectivity index (χ2n) is 7.70. The van der Waals surface area contributed by atoms with Crippen LogP contribution < -0.4 is 14.8 Å². The molecule has 4 aromatic rings.